The molecule has 1 amide bonds. The number of hydrogen-bond acceptors (Lipinski definition) is 7. The molecule has 0 saturated carbocycles. The zero-order valence-corrected chi connectivity index (χ0v) is 19.1. The van der Waals surface area contributed by atoms with Crippen LogP contribution in [-0.2, 0) is 23.1 Å². The van der Waals surface area contributed by atoms with Crippen molar-refractivity contribution in [2.24, 2.45) is 5.41 Å². The van der Waals surface area contributed by atoms with Crippen molar-refractivity contribution < 1.29 is 27.9 Å². The summed E-state index contributed by atoms with van der Waals surface area (Å²) in [6, 6.07) is 0. The Morgan fingerprint density at radius 3 is 2.76 bits per heavy atom. The van der Waals surface area contributed by atoms with Gasteiger partial charge in [0.15, 0.2) is 11.5 Å². The second-order valence-corrected chi connectivity index (χ2v) is 11.1. The number of allylic oxidation sites excluding steroid dienone is 4. The number of hydrogen-bond donors (Lipinski definition) is 0. The fourth-order valence-electron chi connectivity index (χ4n) is 3.21. The van der Waals surface area contributed by atoms with Gasteiger partial charge in [0.1, 0.15) is 0 Å². The van der Waals surface area contributed by atoms with Gasteiger partial charge in [0.05, 0.1) is 31.6 Å². The van der Waals surface area contributed by atoms with Gasteiger partial charge in [0.25, 0.3) is 0 Å². The van der Waals surface area contributed by atoms with Crippen LogP contribution in [-0.4, -0.2) is 41.3 Å². The Hall–Kier alpha value is -1.25. The van der Waals surface area contributed by atoms with E-state index in [1.54, 1.807) is 13.3 Å². The van der Waals surface area contributed by atoms with Crippen LogP contribution in [0, 0.1) is 5.41 Å². The lowest BCUT2D eigenvalue weighted by molar-refractivity contribution is 0.124. The third-order valence-corrected chi connectivity index (χ3v) is 8.09. The molecule has 8 nitrogen and oxygen atoms in total. The highest BCUT2D eigenvalue weighted by Crippen LogP contribution is 2.58. The Labute approximate surface area is 176 Å². The predicted molar refractivity (Wildman–Crippen MR) is 111 cm³/mol. The van der Waals surface area contributed by atoms with E-state index in [-0.39, 0.29) is 5.41 Å². The summed E-state index contributed by atoms with van der Waals surface area (Å²) < 4.78 is 38.2. The second kappa shape index (κ2) is 9.27. The number of amides is 1. The number of ether oxygens (including phenoxy) is 2. The Balaban J connectivity index is 1.70. The fraction of sp³-hybridized carbons (Fsp3) is 0.632. The highest BCUT2D eigenvalue weighted by atomic mass is 32.2. The predicted octanol–water partition coefficient (Wildman–Crippen LogP) is 5.38. The second-order valence-electron chi connectivity index (χ2n) is 7.72. The van der Waals surface area contributed by atoms with E-state index < -0.39 is 13.8 Å². The van der Waals surface area contributed by atoms with E-state index in [0.29, 0.717) is 37.7 Å². The number of unbranched alkanes of at least 4 members (excludes halogenated alkanes) is 1. The van der Waals surface area contributed by atoms with Crippen LogP contribution >= 0.6 is 19.9 Å². The molecule has 2 heterocycles. The summed E-state index contributed by atoms with van der Waals surface area (Å²) in [5.41, 5.74) is 0.645. The van der Waals surface area contributed by atoms with Gasteiger partial charge in [0, 0.05) is 19.0 Å². The molecule has 3 aliphatic rings. The first kappa shape index (κ1) is 22.4. The van der Waals surface area contributed by atoms with Crippen molar-refractivity contribution in [1.29, 1.82) is 0 Å². The van der Waals surface area contributed by atoms with Gasteiger partial charge in [-0.25, -0.2) is 13.7 Å². The molecular formula is C19H29N2O6PS. The van der Waals surface area contributed by atoms with Crippen molar-refractivity contribution in [3.05, 3.63) is 35.5 Å². The van der Waals surface area contributed by atoms with E-state index in [2.05, 4.69) is 0 Å². The van der Waals surface area contributed by atoms with E-state index in [1.165, 1.54) is 8.38 Å². The lowest BCUT2D eigenvalue weighted by atomic mass is 9.90. The number of fused-ring (bicyclic) bond motifs is 1. The summed E-state index contributed by atoms with van der Waals surface area (Å²) >= 11 is 0.998. The summed E-state index contributed by atoms with van der Waals surface area (Å²) in [5, 5.41) is 0. The third-order valence-electron chi connectivity index (χ3n) is 4.74. The van der Waals surface area contributed by atoms with E-state index in [4.69, 9.17) is 18.5 Å². The Morgan fingerprint density at radius 1 is 1.34 bits per heavy atom. The monoisotopic (exact) mass is 444 g/mol. The Bertz CT molecular complexity index is 769. The van der Waals surface area contributed by atoms with Crippen LogP contribution in [0.5, 0.6) is 0 Å². The highest BCUT2D eigenvalue weighted by molar-refractivity contribution is 7.99. The van der Waals surface area contributed by atoms with Gasteiger partial charge >= 0.3 is 13.8 Å². The van der Waals surface area contributed by atoms with Gasteiger partial charge in [-0.2, -0.15) is 0 Å². The van der Waals surface area contributed by atoms with Gasteiger partial charge in [-0.3, -0.25) is 9.05 Å². The Kier molecular flexibility index (Phi) is 7.17. The SMILES string of the molecule is CCCCN(SN(C)C(=O)OC1=C2OC=CC=C2CC1(C)C)P1(=O)OCCCO1. The number of nitrogens with zero attached hydrogens (tertiary/aromatic N) is 2. The first-order valence-electron chi connectivity index (χ1n) is 9.85. The molecule has 0 aromatic carbocycles. The summed E-state index contributed by atoms with van der Waals surface area (Å²) in [6.45, 7) is 7.27. The summed E-state index contributed by atoms with van der Waals surface area (Å²) in [4.78, 5) is 12.8. The summed E-state index contributed by atoms with van der Waals surface area (Å²) in [6.07, 6.45) is 7.93. The molecule has 1 fully saturated rings. The summed E-state index contributed by atoms with van der Waals surface area (Å²) in [5.74, 6) is 1.10. The largest absolute Gasteiger partial charge is 0.461 e. The molecule has 0 aromatic rings. The average molecular weight is 444 g/mol. The maximum absolute atomic E-state index is 13.1. The van der Waals surface area contributed by atoms with E-state index >= 15 is 0 Å². The normalized spacial score (nSPS) is 22.2. The molecule has 0 atom stereocenters. The average Bonchev–Trinajstić information content (AvgIpc) is 2.95. The number of rotatable bonds is 7. The lowest BCUT2D eigenvalue weighted by Crippen LogP contribution is -2.30. The topological polar surface area (TPSA) is 77.5 Å². The molecule has 1 aliphatic carbocycles. The maximum Gasteiger partial charge on any atom is 0.425 e. The van der Waals surface area contributed by atoms with E-state index in [9.17, 15) is 9.36 Å². The quantitative estimate of drug-likeness (QED) is 0.383. The number of carbonyl (C=O) groups is 1. The van der Waals surface area contributed by atoms with Crippen molar-refractivity contribution >= 4 is 26.0 Å². The van der Waals surface area contributed by atoms with Crippen molar-refractivity contribution in [3.8, 4) is 0 Å². The molecule has 0 bridgehead atoms. The first-order chi connectivity index (χ1) is 13.8. The van der Waals surface area contributed by atoms with Crippen molar-refractivity contribution in [2.45, 2.75) is 46.5 Å². The van der Waals surface area contributed by atoms with Crippen LogP contribution in [0.15, 0.2) is 35.5 Å². The van der Waals surface area contributed by atoms with E-state index in [1.807, 2.05) is 32.9 Å². The molecule has 0 unspecified atom stereocenters. The molecule has 0 spiro atoms. The van der Waals surface area contributed by atoms with Crippen molar-refractivity contribution in [1.82, 2.24) is 8.38 Å². The number of carbonyl (C=O) groups excluding carboxylic acids is 1. The fourth-order valence-corrected chi connectivity index (χ4v) is 6.22. The Morgan fingerprint density at radius 2 is 2.07 bits per heavy atom. The zero-order chi connectivity index (χ0) is 21.1. The van der Waals surface area contributed by atoms with Crippen LogP contribution in [0.25, 0.3) is 0 Å². The minimum absolute atomic E-state index is 0.362. The van der Waals surface area contributed by atoms with Crippen LogP contribution in [0.4, 0.5) is 4.79 Å². The molecule has 0 aromatic heterocycles. The van der Waals surface area contributed by atoms with Gasteiger partial charge < -0.3 is 9.47 Å². The van der Waals surface area contributed by atoms with Crippen LogP contribution in [0.3, 0.4) is 0 Å². The molecule has 2 aliphatic heterocycles. The van der Waals surface area contributed by atoms with Crippen LogP contribution in [0.1, 0.15) is 46.5 Å². The smallest absolute Gasteiger partial charge is 0.425 e. The molecule has 10 heteroatoms. The van der Waals surface area contributed by atoms with Crippen molar-refractivity contribution in [2.75, 3.05) is 26.8 Å². The molecule has 29 heavy (non-hydrogen) atoms. The highest BCUT2D eigenvalue weighted by Gasteiger charge is 2.42. The van der Waals surface area contributed by atoms with E-state index in [0.717, 1.165) is 37.0 Å². The van der Waals surface area contributed by atoms with Gasteiger partial charge in [-0.1, -0.05) is 33.3 Å². The van der Waals surface area contributed by atoms with Gasteiger partial charge in [0.2, 0.25) is 0 Å². The van der Waals surface area contributed by atoms with Crippen LogP contribution in [0.2, 0.25) is 0 Å². The summed E-state index contributed by atoms with van der Waals surface area (Å²) in [7, 11) is -1.86. The third kappa shape index (κ3) is 5.09. The minimum atomic E-state index is -3.44. The standard InChI is InChI=1S/C19H29N2O6PS/c1-5-6-10-21(28(23)25-12-8-13-26-28)29-20(4)18(22)27-17-16-15(9-7-11-24-16)14-19(17,2)3/h7,9,11H,5-6,8,10,12-14H2,1-4H3. The minimum Gasteiger partial charge on any atom is -0.461 e. The van der Waals surface area contributed by atoms with Gasteiger partial charge in [-0.05, 0) is 30.9 Å². The zero-order valence-electron chi connectivity index (χ0n) is 17.4. The maximum atomic E-state index is 13.1. The van der Waals surface area contributed by atoms with Crippen LogP contribution < -0.4 is 0 Å². The molecule has 3 rings (SSSR count). The van der Waals surface area contributed by atoms with Crippen molar-refractivity contribution in [3.63, 3.8) is 0 Å². The first-order valence-corrected chi connectivity index (χ1v) is 12.1. The lowest BCUT2D eigenvalue weighted by Gasteiger charge is -2.33. The van der Waals surface area contributed by atoms with Gasteiger partial charge in [-0.15, -0.1) is 4.08 Å². The molecule has 0 radical (unpaired) electrons. The molecule has 1 saturated heterocycles. The molecule has 0 N–H and O–H groups in total. The molecule has 162 valence electrons. The molecular weight excluding hydrogens is 415 g/mol.